The van der Waals surface area contributed by atoms with Gasteiger partial charge in [-0.2, -0.15) is 0 Å². The highest BCUT2D eigenvalue weighted by Gasteiger charge is 2.20. The van der Waals surface area contributed by atoms with Gasteiger partial charge in [0.05, 0.1) is 6.10 Å². The molecule has 0 aromatic rings. The van der Waals surface area contributed by atoms with Crippen LogP contribution in [0.15, 0.2) is 0 Å². The maximum atomic E-state index is 9.47. The van der Waals surface area contributed by atoms with Crippen molar-refractivity contribution in [2.45, 2.75) is 25.7 Å². The van der Waals surface area contributed by atoms with E-state index in [4.69, 9.17) is 0 Å². The van der Waals surface area contributed by atoms with Gasteiger partial charge in [-0.1, -0.05) is 6.92 Å². The molecule has 72 valence electrons. The van der Waals surface area contributed by atoms with Crippen LogP contribution < -0.4 is 5.32 Å². The molecule has 1 heterocycles. The van der Waals surface area contributed by atoms with Crippen molar-refractivity contribution in [3.8, 4) is 0 Å². The molecule has 12 heavy (non-hydrogen) atoms. The molecule has 0 radical (unpaired) electrons. The SMILES string of the molecule is CCC(O)CN1CCNCC1O. The minimum atomic E-state index is -0.431. The van der Waals surface area contributed by atoms with Gasteiger partial charge in [-0.25, -0.2) is 0 Å². The zero-order valence-electron chi connectivity index (χ0n) is 7.53. The lowest BCUT2D eigenvalue weighted by Crippen LogP contribution is -2.53. The van der Waals surface area contributed by atoms with Gasteiger partial charge in [0.1, 0.15) is 6.23 Å². The van der Waals surface area contributed by atoms with Gasteiger partial charge in [0.15, 0.2) is 0 Å². The van der Waals surface area contributed by atoms with Gasteiger partial charge in [-0.15, -0.1) is 0 Å². The van der Waals surface area contributed by atoms with Crippen LogP contribution in [-0.4, -0.2) is 53.6 Å². The Labute approximate surface area is 73.2 Å². The minimum absolute atomic E-state index is 0.308. The third kappa shape index (κ3) is 2.71. The van der Waals surface area contributed by atoms with Gasteiger partial charge >= 0.3 is 0 Å². The Balaban J connectivity index is 2.28. The summed E-state index contributed by atoms with van der Waals surface area (Å²) in [4.78, 5) is 1.91. The van der Waals surface area contributed by atoms with Crippen molar-refractivity contribution >= 4 is 0 Å². The number of aliphatic hydroxyl groups excluding tert-OH is 2. The molecule has 0 aliphatic carbocycles. The van der Waals surface area contributed by atoms with E-state index in [0.717, 1.165) is 19.5 Å². The molecule has 0 saturated carbocycles. The van der Waals surface area contributed by atoms with Crippen LogP contribution in [-0.2, 0) is 0 Å². The molecule has 0 aromatic carbocycles. The van der Waals surface area contributed by atoms with Crippen LogP contribution in [0.1, 0.15) is 13.3 Å². The Morgan fingerprint density at radius 2 is 2.42 bits per heavy atom. The summed E-state index contributed by atoms with van der Waals surface area (Å²) in [5, 5.41) is 21.9. The summed E-state index contributed by atoms with van der Waals surface area (Å²) in [5.41, 5.74) is 0. The summed E-state index contributed by atoms with van der Waals surface area (Å²) in [6.07, 6.45) is 0.00843. The van der Waals surface area contributed by atoms with Gasteiger partial charge < -0.3 is 15.5 Å². The number of β-amino-alcohol motifs (C(OH)–C–C–N with tert-alkyl or cyclic N) is 2. The van der Waals surface area contributed by atoms with Crippen molar-refractivity contribution in [3.05, 3.63) is 0 Å². The van der Waals surface area contributed by atoms with Crippen LogP contribution in [0, 0.1) is 0 Å². The number of nitrogens with one attached hydrogen (secondary N) is 1. The van der Waals surface area contributed by atoms with Gasteiger partial charge in [0, 0.05) is 26.2 Å². The van der Waals surface area contributed by atoms with E-state index in [1.807, 2.05) is 11.8 Å². The zero-order chi connectivity index (χ0) is 8.97. The summed E-state index contributed by atoms with van der Waals surface area (Å²) < 4.78 is 0. The summed E-state index contributed by atoms with van der Waals surface area (Å²) in [7, 11) is 0. The van der Waals surface area contributed by atoms with E-state index in [9.17, 15) is 10.2 Å². The average molecular weight is 174 g/mol. The van der Waals surface area contributed by atoms with E-state index in [-0.39, 0.29) is 6.10 Å². The zero-order valence-corrected chi connectivity index (χ0v) is 7.53. The Kier molecular flexibility index (Phi) is 3.94. The van der Waals surface area contributed by atoms with Gasteiger partial charge in [0.2, 0.25) is 0 Å². The van der Waals surface area contributed by atoms with Crippen LogP contribution in [0.4, 0.5) is 0 Å². The molecule has 2 atom stereocenters. The Morgan fingerprint density at radius 1 is 1.67 bits per heavy atom. The summed E-state index contributed by atoms with van der Waals surface area (Å²) in [6, 6.07) is 0. The maximum absolute atomic E-state index is 9.47. The fourth-order valence-corrected chi connectivity index (χ4v) is 1.34. The standard InChI is InChI=1S/C8H18N2O2/c1-2-7(11)6-10-4-3-9-5-8(10)12/h7-9,11-12H,2-6H2,1H3. The van der Waals surface area contributed by atoms with Crippen LogP contribution in [0.5, 0.6) is 0 Å². The predicted octanol–water partition coefficient (Wildman–Crippen LogP) is -1.02. The largest absolute Gasteiger partial charge is 0.392 e. The molecule has 4 nitrogen and oxygen atoms in total. The van der Waals surface area contributed by atoms with Crippen molar-refractivity contribution in [2.24, 2.45) is 0 Å². The first-order chi connectivity index (χ1) is 5.74. The fourth-order valence-electron chi connectivity index (χ4n) is 1.34. The first-order valence-corrected chi connectivity index (χ1v) is 4.55. The van der Waals surface area contributed by atoms with Crippen molar-refractivity contribution < 1.29 is 10.2 Å². The number of hydrogen-bond donors (Lipinski definition) is 3. The van der Waals surface area contributed by atoms with Gasteiger partial charge in [0.25, 0.3) is 0 Å². The number of nitrogens with zero attached hydrogens (tertiary/aromatic N) is 1. The molecule has 0 aromatic heterocycles. The van der Waals surface area contributed by atoms with Crippen LogP contribution in [0.2, 0.25) is 0 Å². The predicted molar refractivity (Wildman–Crippen MR) is 46.7 cm³/mol. The molecule has 0 spiro atoms. The number of piperazine rings is 1. The van der Waals surface area contributed by atoms with Crippen molar-refractivity contribution in [1.29, 1.82) is 0 Å². The number of rotatable bonds is 3. The summed E-state index contributed by atoms with van der Waals surface area (Å²) in [5.74, 6) is 0. The smallest absolute Gasteiger partial charge is 0.120 e. The lowest BCUT2D eigenvalue weighted by molar-refractivity contribution is -0.0362. The Morgan fingerprint density at radius 3 is 3.00 bits per heavy atom. The maximum Gasteiger partial charge on any atom is 0.120 e. The van der Waals surface area contributed by atoms with E-state index in [1.54, 1.807) is 0 Å². The highest BCUT2D eigenvalue weighted by molar-refractivity contribution is 4.73. The fraction of sp³-hybridized carbons (Fsp3) is 1.00. The van der Waals surface area contributed by atoms with Gasteiger partial charge in [-0.05, 0) is 6.42 Å². The third-order valence-corrected chi connectivity index (χ3v) is 2.24. The third-order valence-electron chi connectivity index (χ3n) is 2.24. The summed E-state index contributed by atoms with van der Waals surface area (Å²) >= 11 is 0. The molecule has 1 aliphatic heterocycles. The molecular weight excluding hydrogens is 156 g/mol. The van der Waals surface area contributed by atoms with E-state index >= 15 is 0 Å². The van der Waals surface area contributed by atoms with Crippen LogP contribution >= 0.6 is 0 Å². The number of hydrogen-bond acceptors (Lipinski definition) is 4. The second-order valence-electron chi connectivity index (χ2n) is 3.24. The van der Waals surface area contributed by atoms with Crippen molar-refractivity contribution in [1.82, 2.24) is 10.2 Å². The normalized spacial score (nSPS) is 28.8. The second kappa shape index (κ2) is 4.77. The highest BCUT2D eigenvalue weighted by atomic mass is 16.3. The van der Waals surface area contributed by atoms with Crippen LogP contribution in [0.25, 0.3) is 0 Å². The van der Waals surface area contributed by atoms with Crippen LogP contribution in [0.3, 0.4) is 0 Å². The molecule has 1 rings (SSSR count). The van der Waals surface area contributed by atoms with E-state index in [1.165, 1.54) is 0 Å². The Hall–Kier alpha value is -0.160. The lowest BCUT2D eigenvalue weighted by Gasteiger charge is -2.33. The quantitative estimate of drug-likeness (QED) is 0.513. The number of aliphatic hydroxyl groups is 2. The molecule has 1 aliphatic rings. The Bertz CT molecular complexity index is 132. The molecule has 2 unspecified atom stereocenters. The monoisotopic (exact) mass is 174 g/mol. The lowest BCUT2D eigenvalue weighted by atomic mass is 10.2. The molecule has 1 fully saturated rings. The van der Waals surface area contributed by atoms with Crippen molar-refractivity contribution in [2.75, 3.05) is 26.2 Å². The molecule has 3 N–H and O–H groups in total. The molecule has 0 amide bonds. The first kappa shape index (κ1) is 9.92. The van der Waals surface area contributed by atoms with Gasteiger partial charge in [-0.3, -0.25) is 4.90 Å². The molecule has 1 saturated heterocycles. The first-order valence-electron chi connectivity index (χ1n) is 4.55. The highest BCUT2D eigenvalue weighted by Crippen LogP contribution is 2.02. The molecule has 4 heteroatoms. The van der Waals surface area contributed by atoms with E-state index in [0.29, 0.717) is 13.1 Å². The van der Waals surface area contributed by atoms with E-state index < -0.39 is 6.23 Å². The minimum Gasteiger partial charge on any atom is -0.392 e. The van der Waals surface area contributed by atoms with Crippen molar-refractivity contribution in [3.63, 3.8) is 0 Å². The molecular formula is C8H18N2O2. The topological polar surface area (TPSA) is 55.7 Å². The summed E-state index contributed by atoms with van der Waals surface area (Å²) in [6.45, 7) is 4.85. The second-order valence-corrected chi connectivity index (χ2v) is 3.24. The van der Waals surface area contributed by atoms with E-state index in [2.05, 4.69) is 5.32 Å². The average Bonchev–Trinajstić information content (AvgIpc) is 2.09. The molecule has 0 bridgehead atoms.